The van der Waals surface area contributed by atoms with Crippen molar-refractivity contribution in [3.63, 3.8) is 0 Å². The summed E-state index contributed by atoms with van der Waals surface area (Å²) in [6, 6.07) is 16.2. The highest BCUT2D eigenvalue weighted by atomic mass is 32.2. The molecule has 1 fully saturated rings. The van der Waals surface area contributed by atoms with E-state index in [1.807, 2.05) is 36.4 Å². The van der Waals surface area contributed by atoms with Gasteiger partial charge in [0.1, 0.15) is 5.71 Å². The SMILES string of the molecule is CC(=O)OCCC1S/C(=N/N=C2c3ccccc3-c3ccccc32)NC1=O. The minimum absolute atomic E-state index is 0.140. The van der Waals surface area contributed by atoms with Crippen LogP contribution in [-0.4, -0.2) is 34.6 Å². The molecule has 4 rings (SSSR count). The first-order chi connectivity index (χ1) is 13.1. The van der Waals surface area contributed by atoms with Crippen molar-refractivity contribution in [1.29, 1.82) is 0 Å². The van der Waals surface area contributed by atoms with Crippen molar-refractivity contribution in [2.45, 2.75) is 18.6 Å². The minimum atomic E-state index is -0.350. The van der Waals surface area contributed by atoms with Crippen molar-refractivity contribution in [2.75, 3.05) is 6.61 Å². The van der Waals surface area contributed by atoms with Crippen LogP contribution in [0.4, 0.5) is 0 Å². The Labute approximate surface area is 160 Å². The first-order valence-electron chi connectivity index (χ1n) is 8.59. The molecule has 0 aromatic heterocycles. The van der Waals surface area contributed by atoms with Crippen molar-refractivity contribution < 1.29 is 14.3 Å². The zero-order valence-corrected chi connectivity index (χ0v) is 15.5. The Morgan fingerprint density at radius 3 is 2.22 bits per heavy atom. The number of amides is 1. The van der Waals surface area contributed by atoms with E-state index in [9.17, 15) is 9.59 Å². The third kappa shape index (κ3) is 3.50. The molecule has 1 amide bonds. The van der Waals surface area contributed by atoms with Crippen LogP contribution in [0.2, 0.25) is 0 Å². The van der Waals surface area contributed by atoms with Gasteiger partial charge in [-0.1, -0.05) is 60.3 Å². The fraction of sp³-hybridized carbons (Fsp3) is 0.200. The second kappa shape index (κ2) is 7.36. The molecule has 1 atom stereocenters. The summed E-state index contributed by atoms with van der Waals surface area (Å²) in [7, 11) is 0. The van der Waals surface area contributed by atoms with Crippen LogP contribution in [0, 0.1) is 0 Å². The molecule has 2 aromatic rings. The van der Waals surface area contributed by atoms with Crippen molar-refractivity contribution in [2.24, 2.45) is 10.2 Å². The molecule has 1 saturated heterocycles. The van der Waals surface area contributed by atoms with Gasteiger partial charge in [-0.25, -0.2) is 0 Å². The maximum Gasteiger partial charge on any atom is 0.302 e. The lowest BCUT2D eigenvalue weighted by atomic mass is 10.1. The van der Waals surface area contributed by atoms with Crippen LogP contribution in [0.25, 0.3) is 11.1 Å². The van der Waals surface area contributed by atoms with E-state index in [0.717, 1.165) is 28.0 Å². The fourth-order valence-corrected chi connectivity index (χ4v) is 4.05. The Morgan fingerprint density at radius 2 is 1.63 bits per heavy atom. The molecule has 2 aromatic carbocycles. The summed E-state index contributed by atoms with van der Waals surface area (Å²) in [4.78, 5) is 22.9. The predicted molar refractivity (Wildman–Crippen MR) is 106 cm³/mol. The molecule has 0 radical (unpaired) electrons. The second-order valence-corrected chi connectivity index (χ2v) is 7.36. The van der Waals surface area contributed by atoms with Gasteiger partial charge in [0.05, 0.1) is 11.9 Å². The highest BCUT2D eigenvalue weighted by Gasteiger charge is 2.30. The van der Waals surface area contributed by atoms with Crippen LogP contribution in [0.15, 0.2) is 58.7 Å². The lowest BCUT2D eigenvalue weighted by Gasteiger charge is -2.04. The van der Waals surface area contributed by atoms with Crippen molar-refractivity contribution in [3.05, 3.63) is 59.7 Å². The van der Waals surface area contributed by atoms with E-state index in [1.54, 1.807) is 0 Å². The van der Waals surface area contributed by atoms with E-state index < -0.39 is 0 Å². The van der Waals surface area contributed by atoms with Gasteiger partial charge in [0, 0.05) is 24.5 Å². The number of benzene rings is 2. The zero-order chi connectivity index (χ0) is 18.8. The summed E-state index contributed by atoms with van der Waals surface area (Å²) in [5.74, 6) is -0.490. The Kier molecular flexibility index (Phi) is 4.77. The molecular formula is C20H17N3O3S. The van der Waals surface area contributed by atoms with Gasteiger partial charge in [-0.3, -0.25) is 9.59 Å². The van der Waals surface area contributed by atoms with Gasteiger partial charge in [0.25, 0.3) is 0 Å². The van der Waals surface area contributed by atoms with Gasteiger partial charge in [-0.05, 0) is 11.1 Å². The number of carbonyl (C=O) groups is 2. The average Bonchev–Trinajstić information content (AvgIpc) is 3.18. The van der Waals surface area contributed by atoms with E-state index in [0.29, 0.717) is 11.6 Å². The summed E-state index contributed by atoms with van der Waals surface area (Å²) < 4.78 is 4.91. The maximum absolute atomic E-state index is 12.1. The normalized spacial score (nSPS) is 18.9. The summed E-state index contributed by atoms with van der Waals surface area (Å²) >= 11 is 1.31. The topological polar surface area (TPSA) is 80.1 Å². The Balaban J connectivity index is 1.56. The Bertz CT molecular complexity index is 936. The lowest BCUT2D eigenvalue weighted by molar-refractivity contribution is -0.141. The first-order valence-corrected chi connectivity index (χ1v) is 9.47. The Hall–Kier alpha value is -2.93. The predicted octanol–water partition coefficient (Wildman–Crippen LogP) is 2.96. The smallest absolute Gasteiger partial charge is 0.302 e. The first kappa shape index (κ1) is 17.5. The molecule has 1 N–H and O–H groups in total. The van der Waals surface area contributed by atoms with Crippen LogP contribution in [0.1, 0.15) is 24.5 Å². The lowest BCUT2D eigenvalue weighted by Crippen LogP contribution is -2.25. The van der Waals surface area contributed by atoms with Gasteiger partial charge >= 0.3 is 5.97 Å². The van der Waals surface area contributed by atoms with Gasteiger partial charge in [-0.15, -0.1) is 10.2 Å². The summed E-state index contributed by atoms with van der Waals surface area (Å²) in [6.07, 6.45) is 0.442. The number of nitrogens with one attached hydrogen (secondary N) is 1. The molecule has 0 saturated carbocycles. The van der Waals surface area contributed by atoms with Crippen LogP contribution in [-0.2, 0) is 14.3 Å². The molecule has 2 aliphatic rings. The Morgan fingerprint density at radius 1 is 1.04 bits per heavy atom. The minimum Gasteiger partial charge on any atom is -0.466 e. The highest BCUT2D eigenvalue weighted by molar-refractivity contribution is 8.15. The number of amidine groups is 1. The third-order valence-corrected chi connectivity index (χ3v) is 5.50. The molecule has 1 unspecified atom stereocenters. The van der Waals surface area contributed by atoms with Crippen molar-refractivity contribution >= 4 is 34.5 Å². The quantitative estimate of drug-likeness (QED) is 0.558. The van der Waals surface area contributed by atoms with Crippen LogP contribution in [0.3, 0.4) is 0 Å². The molecule has 0 spiro atoms. The number of nitrogens with zero attached hydrogens (tertiary/aromatic N) is 2. The van der Waals surface area contributed by atoms with Gasteiger partial charge in [0.15, 0.2) is 5.17 Å². The second-order valence-electron chi connectivity index (χ2n) is 6.17. The maximum atomic E-state index is 12.1. The van der Waals surface area contributed by atoms with Gasteiger partial charge in [-0.2, -0.15) is 0 Å². The number of hydrogen-bond donors (Lipinski definition) is 1. The molecular weight excluding hydrogens is 362 g/mol. The van der Waals surface area contributed by atoms with E-state index in [1.165, 1.54) is 18.7 Å². The van der Waals surface area contributed by atoms with Crippen molar-refractivity contribution in [3.8, 4) is 11.1 Å². The summed E-state index contributed by atoms with van der Waals surface area (Å²) in [5, 5.41) is 11.6. The molecule has 7 heteroatoms. The number of esters is 1. The zero-order valence-electron chi connectivity index (χ0n) is 14.6. The summed E-state index contributed by atoms with van der Waals surface area (Å²) in [6.45, 7) is 1.56. The van der Waals surface area contributed by atoms with Gasteiger partial charge < -0.3 is 10.1 Å². The van der Waals surface area contributed by atoms with Crippen LogP contribution >= 0.6 is 11.8 Å². The molecule has 1 aliphatic carbocycles. The number of thioether (sulfide) groups is 1. The molecule has 0 bridgehead atoms. The monoisotopic (exact) mass is 379 g/mol. The van der Waals surface area contributed by atoms with Gasteiger partial charge in [0.2, 0.25) is 5.91 Å². The average molecular weight is 379 g/mol. The molecule has 27 heavy (non-hydrogen) atoms. The van der Waals surface area contributed by atoms with Crippen molar-refractivity contribution in [1.82, 2.24) is 5.32 Å². The molecule has 136 valence electrons. The largest absolute Gasteiger partial charge is 0.466 e. The van der Waals surface area contributed by atoms with E-state index in [4.69, 9.17) is 4.74 Å². The van der Waals surface area contributed by atoms with E-state index in [2.05, 4.69) is 27.7 Å². The number of ether oxygens (including phenoxy) is 1. The highest BCUT2D eigenvalue weighted by Crippen LogP contribution is 2.36. The van der Waals surface area contributed by atoms with E-state index >= 15 is 0 Å². The summed E-state index contributed by atoms with van der Waals surface area (Å²) in [5.41, 5.74) is 5.13. The number of rotatable bonds is 4. The van der Waals surface area contributed by atoms with E-state index in [-0.39, 0.29) is 23.7 Å². The molecule has 1 aliphatic heterocycles. The fourth-order valence-electron chi connectivity index (χ4n) is 3.15. The standard InChI is InChI=1S/C20H17N3O3S/c1-12(24)26-11-10-17-19(25)21-20(27-17)23-22-18-15-8-4-2-6-13(15)14-7-3-5-9-16(14)18/h2-9,17H,10-11H2,1H3,(H,21,23,25). The van der Waals surface area contributed by atoms with Crippen LogP contribution < -0.4 is 5.32 Å². The number of fused-ring (bicyclic) bond motifs is 3. The number of hydrogen-bond acceptors (Lipinski definition) is 6. The van der Waals surface area contributed by atoms with Crippen LogP contribution in [0.5, 0.6) is 0 Å². The molecule has 1 heterocycles. The molecule has 6 nitrogen and oxygen atoms in total. The number of carbonyl (C=O) groups excluding carboxylic acids is 2. The third-order valence-electron chi connectivity index (χ3n) is 4.36.